The smallest absolute Gasteiger partial charge is 0.490 e. The van der Waals surface area contributed by atoms with Crippen molar-refractivity contribution in [3.63, 3.8) is 0 Å². The summed E-state index contributed by atoms with van der Waals surface area (Å²) in [6.07, 6.45) is -4.07. The number of benzene rings is 1. The summed E-state index contributed by atoms with van der Waals surface area (Å²) in [5, 5.41) is 14.3. The van der Waals surface area contributed by atoms with Crippen molar-refractivity contribution in [3.8, 4) is 5.75 Å². The summed E-state index contributed by atoms with van der Waals surface area (Å²) >= 11 is 0. The van der Waals surface area contributed by atoms with Crippen LogP contribution in [0.3, 0.4) is 0 Å². The highest BCUT2D eigenvalue weighted by Crippen LogP contribution is 2.14. The average Bonchev–Trinajstić information content (AvgIpc) is 2.97. The summed E-state index contributed by atoms with van der Waals surface area (Å²) in [4.78, 5) is 11.2. The predicted octanol–water partition coefficient (Wildman–Crippen LogP) is 3.03. The number of ether oxygens (including phenoxy) is 1. The third kappa shape index (κ3) is 8.02. The molecule has 0 aliphatic carbocycles. The van der Waals surface area contributed by atoms with Crippen molar-refractivity contribution >= 4 is 5.97 Å². The maximum atomic E-state index is 10.6. The number of nitrogens with one attached hydrogen (secondary N) is 1. The number of halogens is 3. The van der Waals surface area contributed by atoms with Gasteiger partial charge < -0.3 is 14.7 Å². The van der Waals surface area contributed by atoms with Gasteiger partial charge in [0, 0.05) is 18.8 Å². The Hall–Kier alpha value is -2.55. The quantitative estimate of drug-likeness (QED) is 0.814. The number of aryl methyl sites for hydroxylation is 1. The highest BCUT2D eigenvalue weighted by atomic mass is 19.4. The number of carboxylic acids is 1. The second-order valence-electron chi connectivity index (χ2n) is 5.68. The number of H-pyrrole nitrogens is 1. The van der Waals surface area contributed by atoms with Crippen LogP contribution in [0.4, 0.5) is 13.2 Å². The van der Waals surface area contributed by atoms with E-state index >= 15 is 0 Å². The van der Waals surface area contributed by atoms with Crippen molar-refractivity contribution < 1.29 is 27.8 Å². The van der Waals surface area contributed by atoms with Crippen LogP contribution in [0.2, 0.25) is 0 Å². The normalized spacial score (nSPS) is 11.0. The molecule has 0 bridgehead atoms. The number of hydrogen-bond acceptors (Lipinski definition) is 4. The van der Waals surface area contributed by atoms with Gasteiger partial charge in [-0.3, -0.25) is 5.10 Å². The second kappa shape index (κ2) is 9.81. The van der Waals surface area contributed by atoms with E-state index in [1.165, 1.54) is 5.56 Å². The van der Waals surface area contributed by atoms with E-state index in [9.17, 15) is 13.2 Å². The minimum atomic E-state index is -5.08. The lowest BCUT2D eigenvalue weighted by atomic mass is 10.1. The fourth-order valence-electron chi connectivity index (χ4n) is 2.06. The third-order valence-corrected chi connectivity index (χ3v) is 3.35. The maximum Gasteiger partial charge on any atom is 0.490 e. The molecule has 0 saturated heterocycles. The van der Waals surface area contributed by atoms with Crippen molar-refractivity contribution in [3.05, 3.63) is 47.3 Å². The zero-order valence-electron chi connectivity index (χ0n) is 14.8. The minimum absolute atomic E-state index is 0.869. The van der Waals surface area contributed by atoms with Gasteiger partial charge in [-0.15, -0.1) is 0 Å². The van der Waals surface area contributed by atoms with Crippen LogP contribution < -0.4 is 4.74 Å². The molecule has 2 N–H and O–H groups in total. The lowest BCUT2D eigenvalue weighted by Gasteiger charge is -2.15. The van der Waals surface area contributed by atoms with Crippen molar-refractivity contribution in [2.75, 3.05) is 20.7 Å². The molecule has 26 heavy (non-hydrogen) atoms. The number of carbonyl (C=O) groups is 1. The Labute approximate surface area is 149 Å². The van der Waals surface area contributed by atoms with Gasteiger partial charge in [-0.25, -0.2) is 4.79 Å². The van der Waals surface area contributed by atoms with Gasteiger partial charge >= 0.3 is 12.1 Å². The first-order chi connectivity index (χ1) is 12.1. The molecule has 1 aromatic heterocycles. The highest BCUT2D eigenvalue weighted by Gasteiger charge is 2.38. The summed E-state index contributed by atoms with van der Waals surface area (Å²) < 4.78 is 37.0. The van der Waals surface area contributed by atoms with Crippen LogP contribution in [0.1, 0.15) is 17.0 Å². The monoisotopic (exact) mass is 373 g/mol. The molecule has 0 spiro atoms. The summed E-state index contributed by atoms with van der Waals surface area (Å²) in [6.45, 7) is 3.89. The molecular formula is C17H22F3N3O3. The van der Waals surface area contributed by atoms with Gasteiger partial charge in [0.1, 0.15) is 5.75 Å². The van der Waals surface area contributed by atoms with Gasteiger partial charge in [0.2, 0.25) is 0 Å². The van der Waals surface area contributed by atoms with Gasteiger partial charge in [-0.05, 0) is 44.2 Å². The number of carboxylic acid groups (broad SMARTS) is 1. The number of methoxy groups -OCH3 is 1. The predicted molar refractivity (Wildman–Crippen MR) is 90.0 cm³/mol. The number of aliphatic carboxylic acids is 1. The van der Waals surface area contributed by atoms with Crippen molar-refractivity contribution in [2.45, 2.75) is 26.1 Å². The first kappa shape index (κ1) is 21.5. The van der Waals surface area contributed by atoms with Gasteiger partial charge in [0.05, 0.1) is 12.8 Å². The van der Waals surface area contributed by atoms with E-state index in [-0.39, 0.29) is 0 Å². The number of nitrogens with zero attached hydrogens (tertiary/aromatic N) is 2. The van der Waals surface area contributed by atoms with E-state index < -0.39 is 12.1 Å². The zero-order chi connectivity index (χ0) is 19.7. The molecule has 1 heterocycles. The SMILES string of the molecule is COc1cccc(CCN(C)Cc2cc(C)[nH]n2)c1.O=C(O)C(F)(F)F. The Kier molecular flexibility index (Phi) is 8.11. The van der Waals surface area contributed by atoms with Gasteiger partial charge in [-0.1, -0.05) is 12.1 Å². The molecule has 0 saturated carbocycles. The fourth-order valence-corrected chi connectivity index (χ4v) is 2.06. The summed E-state index contributed by atoms with van der Waals surface area (Å²) in [6, 6.07) is 10.3. The van der Waals surface area contributed by atoms with Crippen LogP contribution in [0, 0.1) is 6.92 Å². The number of aromatic nitrogens is 2. The van der Waals surface area contributed by atoms with Crippen LogP contribution in [0.15, 0.2) is 30.3 Å². The first-order valence-corrected chi connectivity index (χ1v) is 7.74. The zero-order valence-corrected chi connectivity index (χ0v) is 14.8. The van der Waals surface area contributed by atoms with E-state index in [1.807, 2.05) is 19.1 Å². The van der Waals surface area contributed by atoms with Gasteiger partial charge in [0.25, 0.3) is 0 Å². The molecule has 144 valence electrons. The van der Waals surface area contributed by atoms with E-state index in [1.54, 1.807) is 7.11 Å². The van der Waals surface area contributed by atoms with Crippen LogP contribution >= 0.6 is 0 Å². The third-order valence-electron chi connectivity index (χ3n) is 3.35. The molecule has 0 amide bonds. The van der Waals surface area contributed by atoms with E-state index in [0.29, 0.717) is 0 Å². The lowest BCUT2D eigenvalue weighted by Crippen LogP contribution is -2.21. The molecule has 0 unspecified atom stereocenters. The van der Waals surface area contributed by atoms with Crippen LogP contribution in [0.25, 0.3) is 0 Å². The van der Waals surface area contributed by atoms with Crippen LogP contribution in [0.5, 0.6) is 5.75 Å². The number of aromatic amines is 1. The fraction of sp³-hybridized carbons (Fsp3) is 0.412. The van der Waals surface area contributed by atoms with Gasteiger partial charge in [-0.2, -0.15) is 18.3 Å². The molecule has 6 nitrogen and oxygen atoms in total. The van der Waals surface area contributed by atoms with Crippen LogP contribution in [-0.2, 0) is 17.8 Å². The number of hydrogen-bond donors (Lipinski definition) is 2. The molecule has 9 heteroatoms. The summed E-state index contributed by atoms with van der Waals surface area (Å²) in [5.41, 5.74) is 3.49. The maximum absolute atomic E-state index is 10.6. The standard InChI is InChI=1S/C15H21N3O.C2HF3O2/c1-12-9-14(17-16-12)11-18(2)8-7-13-5-4-6-15(10-13)19-3;3-2(4,5)1(6)7/h4-6,9-10H,7-8,11H2,1-3H3,(H,16,17);(H,6,7). The molecular weight excluding hydrogens is 351 g/mol. The molecule has 1 aromatic carbocycles. The van der Waals surface area contributed by atoms with Crippen molar-refractivity contribution in [1.29, 1.82) is 0 Å². The molecule has 2 aromatic rings. The van der Waals surface area contributed by atoms with E-state index in [0.717, 1.165) is 36.6 Å². The Morgan fingerprint density at radius 3 is 2.50 bits per heavy atom. The largest absolute Gasteiger partial charge is 0.497 e. The molecule has 0 radical (unpaired) electrons. The second-order valence-corrected chi connectivity index (χ2v) is 5.68. The number of rotatable bonds is 6. The highest BCUT2D eigenvalue weighted by molar-refractivity contribution is 5.73. The Morgan fingerprint density at radius 2 is 2.00 bits per heavy atom. The molecule has 0 atom stereocenters. The lowest BCUT2D eigenvalue weighted by molar-refractivity contribution is -0.192. The first-order valence-electron chi connectivity index (χ1n) is 7.74. The Bertz CT molecular complexity index is 702. The van der Waals surface area contributed by atoms with E-state index in [4.69, 9.17) is 14.6 Å². The molecule has 0 fully saturated rings. The Morgan fingerprint density at radius 1 is 1.35 bits per heavy atom. The number of likely N-dealkylation sites (N-methyl/N-ethyl adjacent to an activating group) is 1. The van der Waals surface area contributed by atoms with Crippen molar-refractivity contribution in [1.82, 2.24) is 15.1 Å². The average molecular weight is 373 g/mol. The Balaban J connectivity index is 0.000000412. The molecule has 2 rings (SSSR count). The minimum Gasteiger partial charge on any atom is -0.497 e. The van der Waals surface area contributed by atoms with Crippen molar-refractivity contribution in [2.24, 2.45) is 0 Å². The molecule has 0 aliphatic heterocycles. The molecule has 0 aliphatic rings. The number of alkyl halides is 3. The van der Waals surface area contributed by atoms with Gasteiger partial charge in [0.15, 0.2) is 0 Å². The van der Waals surface area contributed by atoms with E-state index in [2.05, 4.69) is 40.3 Å². The summed E-state index contributed by atoms with van der Waals surface area (Å²) in [7, 11) is 3.81. The van der Waals surface area contributed by atoms with Crippen LogP contribution in [-0.4, -0.2) is 53.1 Å². The topological polar surface area (TPSA) is 78.5 Å². The summed E-state index contributed by atoms with van der Waals surface area (Å²) in [5.74, 6) is -1.84.